The average molecular weight is 433 g/mol. The molecule has 154 valence electrons. The number of aromatic amines is 1. The van der Waals surface area contributed by atoms with Crippen LogP contribution in [0.1, 0.15) is 17.6 Å². The maximum atomic E-state index is 13.0. The summed E-state index contributed by atoms with van der Waals surface area (Å²) in [4.78, 5) is 16.6. The molecular weight excluding hydrogens is 416 g/mol. The zero-order valence-electron chi connectivity index (χ0n) is 16.4. The highest BCUT2D eigenvalue weighted by Crippen LogP contribution is 2.31. The number of halogens is 2. The molecule has 0 radical (unpaired) electrons. The number of benzene rings is 2. The monoisotopic (exact) mass is 433 g/mol. The molecule has 3 heterocycles. The normalized spacial score (nSPS) is 11.4. The number of alkyl halides is 2. The molecule has 5 nitrogen and oxygen atoms in total. The van der Waals surface area contributed by atoms with Gasteiger partial charge in [-0.15, -0.1) is 11.3 Å². The molecule has 0 saturated heterocycles. The Balaban J connectivity index is 1.45. The summed E-state index contributed by atoms with van der Waals surface area (Å²) in [7, 11) is 0. The molecule has 2 aromatic carbocycles. The molecule has 0 aliphatic heterocycles. The van der Waals surface area contributed by atoms with E-state index < -0.39 is 6.43 Å². The molecule has 0 amide bonds. The maximum Gasteiger partial charge on any atom is 0.263 e. The number of H-pyrrole nitrogens is 1. The molecule has 0 bridgehead atoms. The van der Waals surface area contributed by atoms with Gasteiger partial charge in [-0.25, -0.2) is 18.7 Å². The Kier molecular flexibility index (Phi) is 4.91. The van der Waals surface area contributed by atoms with Gasteiger partial charge in [0.05, 0.1) is 16.7 Å². The highest BCUT2D eigenvalue weighted by atomic mass is 32.1. The fraction of sp³-hybridized carbons (Fsp3) is 0.0870. The van der Waals surface area contributed by atoms with Gasteiger partial charge in [-0.2, -0.15) is 0 Å². The van der Waals surface area contributed by atoms with E-state index in [1.165, 1.54) is 23.5 Å². The van der Waals surface area contributed by atoms with E-state index in [0.717, 1.165) is 38.7 Å². The van der Waals surface area contributed by atoms with Crippen LogP contribution in [0.15, 0.2) is 66.3 Å². The molecule has 0 spiro atoms. The summed E-state index contributed by atoms with van der Waals surface area (Å²) < 4.78 is 26.1. The lowest BCUT2D eigenvalue weighted by Crippen LogP contribution is -1.93. The van der Waals surface area contributed by atoms with Crippen molar-refractivity contribution < 1.29 is 8.78 Å². The van der Waals surface area contributed by atoms with E-state index in [9.17, 15) is 8.78 Å². The number of imidazole rings is 1. The summed E-state index contributed by atoms with van der Waals surface area (Å²) in [5, 5.41) is 6.11. The molecule has 31 heavy (non-hydrogen) atoms. The molecule has 8 heteroatoms. The molecule has 5 rings (SSSR count). The number of thiazole rings is 1. The number of aryl methyl sites for hydroxylation is 1. The minimum Gasteiger partial charge on any atom is -0.338 e. The van der Waals surface area contributed by atoms with Crippen LogP contribution in [0.5, 0.6) is 0 Å². The zero-order valence-corrected chi connectivity index (χ0v) is 17.3. The number of hydrogen-bond donors (Lipinski definition) is 2. The summed E-state index contributed by atoms with van der Waals surface area (Å²) in [5.41, 5.74) is 5.92. The summed E-state index contributed by atoms with van der Waals surface area (Å²) in [6.07, 6.45) is 0.997. The minimum atomic E-state index is -2.52. The van der Waals surface area contributed by atoms with Gasteiger partial charge < -0.3 is 10.3 Å². The molecule has 0 fully saturated rings. The molecule has 5 aromatic rings. The standard InChI is InChI=1S/C23H17F2N5S/c1-13-8-18-19(28-22(27-18)15-5-2-4-14(9-15)21(24)25)10-17(13)29-23-30-20(12-31-23)16-6-3-7-26-11-16/h2-12,21H,1H3,(H,27,28)(H,29,30). The zero-order chi connectivity index (χ0) is 21.4. The highest BCUT2D eigenvalue weighted by Gasteiger charge is 2.13. The van der Waals surface area contributed by atoms with Crippen LogP contribution >= 0.6 is 11.3 Å². The largest absolute Gasteiger partial charge is 0.338 e. The topological polar surface area (TPSA) is 66.5 Å². The predicted molar refractivity (Wildman–Crippen MR) is 120 cm³/mol. The van der Waals surface area contributed by atoms with E-state index in [0.29, 0.717) is 11.4 Å². The second-order valence-electron chi connectivity index (χ2n) is 7.10. The van der Waals surface area contributed by atoms with Crippen molar-refractivity contribution in [2.45, 2.75) is 13.3 Å². The van der Waals surface area contributed by atoms with Crippen molar-refractivity contribution in [1.82, 2.24) is 19.9 Å². The van der Waals surface area contributed by atoms with Crippen molar-refractivity contribution in [2.24, 2.45) is 0 Å². The number of rotatable bonds is 5. The highest BCUT2D eigenvalue weighted by molar-refractivity contribution is 7.14. The molecule has 0 atom stereocenters. The van der Waals surface area contributed by atoms with E-state index >= 15 is 0 Å². The van der Waals surface area contributed by atoms with Gasteiger partial charge in [-0.05, 0) is 42.8 Å². The third-order valence-electron chi connectivity index (χ3n) is 4.94. The molecular formula is C23H17F2N5S. The number of hydrogen-bond acceptors (Lipinski definition) is 5. The van der Waals surface area contributed by atoms with Crippen LogP contribution in [0.3, 0.4) is 0 Å². The van der Waals surface area contributed by atoms with Crippen molar-refractivity contribution >= 4 is 33.2 Å². The Hall–Kier alpha value is -3.65. The van der Waals surface area contributed by atoms with Crippen LogP contribution in [0, 0.1) is 6.92 Å². The van der Waals surface area contributed by atoms with Gasteiger partial charge in [0.2, 0.25) is 0 Å². The van der Waals surface area contributed by atoms with Gasteiger partial charge >= 0.3 is 0 Å². The number of nitrogens with zero attached hydrogens (tertiary/aromatic N) is 3. The molecule has 0 aliphatic rings. The number of anilines is 2. The first-order chi connectivity index (χ1) is 15.1. The summed E-state index contributed by atoms with van der Waals surface area (Å²) in [5.74, 6) is 0.558. The SMILES string of the molecule is Cc1cc2[nH]c(-c3cccc(C(F)F)c3)nc2cc1Nc1nc(-c2cccnc2)cs1. The van der Waals surface area contributed by atoms with Crippen LogP contribution < -0.4 is 5.32 Å². The third kappa shape index (κ3) is 3.89. The molecule has 0 unspecified atom stereocenters. The summed E-state index contributed by atoms with van der Waals surface area (Å²) in [6.45, 7) is 2.00. The Labute approximate surface area is 180 Å². The van der Waals surface area contributed by atoms with Crippen LogP contribution in [0.2, 0.25) is 0 Å². The van der Waals surface area contributed by atoms with Gasteiger partial charge in [0.15, 0.2) is 5.13 Å². The van der Waals surface area contributed by atoms with Crippen molar-refractivity contribution in [1.29, 1.82) is 0 Å². The lowest BCUT2D eigenvalue weighted by Gasteiger charge is -2.06. The Morgan fingerprint density at radius 1 is 1.03 bits per heavy atom. The van der Waals surface area contributed by atoms with Gasteiger partial charge in [0, 0.05) is 40.2 Å². The van der Waals surface area contributed by atoms with E-state index in [2.05, 4.69) is 25.3 Å². The first-order valence-corrected chi connectivity index (χ1v) is 10.5. The first-order valence-electron chi connectivity index (χ1n) is 9.58. The number of fused-ring (bicyclic) bond motifs is 1. The average Bonchev–Trinajstić information content (AvgIpc) is 3.42. The first kappa shape index (κ1) is 19.3. The maximum absolute atomic E-state index is 13.0. The van der Waals surface area contributed by atoms with E-state index in [1.54, 1.807) is 24.5 Å². The summed E-state index contributed by atoms with van der Waals surface area (Å²) >= 11 is 1.51. The van der Waals surface area contributed by atoms with Gasteiger partial charge in [-0.3, -0.25) is 4.98 Å². The van der Waals surface area contributed by atoms with Gasteiger partial charge in [0.25, 0.3) is 6.43 Å². The number of aromatic nitrogens is 4. The van der Waals surface area contributed by atoms with Crippen LogP contribution in [0.4, 0.5) is 19.6 Å². The smallest absolute Gasteiger partial charge is 0.263 e. The second-order valence-corrected chi connectivity index (χ2v) is 7.96. The van der Waals surface area contributed by atoms with Crippen molar-refractivity contribution in [3.63, 3.8) is 0 Å². The third-order valence-corrected chi connectivity index (χ3v) is 5.70. The van der Waals surface area contributed by atoms with Gasteiger partial charge in [-0.1, -0.05) is 18.2 Å². The minimum absolute atomic E-state index is 0.0234. The lowest BCUT2D eigenvalue weighted by molar-refractivity contribution is 0.151. The van der Waals surface area contributed by atoms with Crippen molar-refractivity contribution in [3.8, 4) is 22.6 Å². The number of nitrogens with one attached hydrogen (secondary N) is 2. The van der Waals surface area contributed by atoms with Crippen LogP contribution in [-0.2, 0) is 0 Å². The quantitative estimate of drug-likeness (QED) is 0.322. The lowest BCUT2D eigenvalue weighted by atomic mass is 10.1. The molecule has 0 aliphatic carbocycles. The Morgan fingerprint density at radius 2 is 1.90 bits per heavy atom. The fourth-order valence-electron chi connectivity index (χ4n) is 3.35. The van der Waals surface area contributed by atoms with Crippen molar-refractivity contribution in [2.75, 3.05) is 5.32 Å². The van der Waals surface area contributed by atoms with E-state index in [1.807, 2.05) is 36.6 Å². The van der Waals surface area contributed by atoms with Crippen LogP contribution in [0.25, 0.3) is 33.7 Å². The Bertz CT molecular complexity index is 1360. The number of pyridine rings is 1. The van der Waals surface area contributed by atoms with E-state index in [4.69, 9.17) is 0 Å². The van der Waals surface area contributed by atoms with E-state index in [-0.39, 0.29) is 5.56 Å². The van der Waals surface area contributed by atoms with Gasteiger partial charge in [0.1, 0.15) is 5.82 Å². The summed E-state index contributed by atoms with van der Waals surface area (Å²) in [6, 6.07) is 14.0. The Morgan fingerprint density at radius 3 is 2.71 bits per heavy atom. The predicted octanol–water partition coefficient (Wildman–Crippen LogP) is 6.74. The second kappa shape index (κ2) is 7.88. The molecule has 0 saturated carbocycles. The van der Waals surface area contributed by atoms with Crippen LogP contribution in [-0.4, -0.2) is 19.9 Å². The van der Waals surface area contributed by atoms with Crippen molar-refractivity contribution in [3.05, 3.63) is 77.4 Å². The fourth-order valence-corrected chi connectivity index (χ4v) is 4.08. The molecule has 3 aromatic heterocycles. The molecule has 2 N–H and O–H groups in total.